The normalized spacial score (nSPS) is 12.5. The number of rotatable bonds is 11. The Balaban J connectivity index is 2.72. The van der Waals surface area contributed by atoms with Crippen molar-refractivity contribution in [3.8, 4) is 0 Å². The van der Waals surface area contributed by atoms with Gasteiger partial charge in [0.15, 0.2) is 0 Å². The van der Waals surface area contributed by atoms with Crippen molar-refractivity contribution in [1.82, 2.24) is 5.32 Å². The second kappa shape index (κ2) is 10.9. The molecule has 0 aliphatic rings. The molecule has 134 valence electrons. The van der Waals surface area contributed by atoms with Gasteiger partial charge >= 0.3 is 12.2 Å². The van der Waals surface area contributed by atoms with Crippen molar-refractivity contribution in [3.05, 3.63) is 41.4 Å². The molecule has 0 radical (unpaired) electrons. The van der Waals surface area contributed by atoms with Crippen LogP contribution in [0.4, 0.5) is 0 Å². The highest BCUT2D eigenvalue weighted by molar-refractivity contribution is 6.25. The number of ether oxygens (including phenoxy) is 1. The van der Waals surface area contributed by atoms with Crippen molar-refractivity contribution >= 4 is 23.9 Å². The van der Waals surface area contributed by atoms with Crippen LogP contribution in [0.5, 0.6) is 0 Å². The lowest BCUT2D eigenvalue weighted by molar-refractivity contribution is -0.144. The standard InChI is InChI=1S/C17H21N3O5/c1-2-25-15(10-12-6-4-3-5-7-12)16(22)20-14(17(23)24)9-8-13(21)11-19-18/h3-7,11,14-15H,2,8-10H2,1H3,(H,20,22)(H,23,24)/t14-,15-/m0/s1. The largest absolute Gasteiger partial charge is 0.480 e. The van der Waals surface area contributed by atoms with Crippen molar-refractivity contribution in [2.24, 2.45) is 0 Å². The van der Waals surface area contributed by atoms with Gasteiger partial charge in [0.1, 0.15) is 12.1 Å². The van der Waals surface area contributed by atoms with E-state index in [1.807, 2.05) is 30.3 Å². The van der Waals surface area contributed by atoms with Gasteiger partial charge in [-0.2, -0.15) is 4.79 Å². The molecule has 1 amide bonds. The third kappa shape index (κ3) is 7.52. The molecule has 1 aromatic carbocycles. The quantitative estimate of drug-likeness (QED) is 0.348. The van der Waals surface area contributed by atoms with Crippen molar-refractivity contribution in [1.29, 1.82) is 0 Å². The van der Waals surface area contributed by atoms with Crippen LogP contribution in [0, 0.1) is 0 Å². The Kier molecular flexibility index (Phi) is 8.78. The second-order valence-corrected chi connectivity index (χ2v) is 5.28. The first-order chi connectivity index (χ1) is 12.0. The van der Waals surface area contributed by atoms with Crippen LogP contribution >= 0.6 is 0 Å². The van der Waals surface area contributed by atoms with E-state index in [0.29, 0.717) is 19.2 Å². The van der Waals surface area contributed by atoms with Crippen molar-refractivity contribution < 1.29 is 29.0 Å². The highest BCUT2D eigenvalue weighted by Gasteiger charge is 2.26. The van der Waals surface area contributed by atoms with Crippen molar-refractivity contribution in [3.63, 3.8) is 0 Å². The monoisotopic (exact) mass is 347 g/mol. The maximum absolute atomic E-state index is 12.4. The van der Waals surface area contributed by atoms with Gasteiger partial charge in [-0.05, 0) is 18.9 Å². The van der Waals surface area contributed by atoms with Crippen LogP contribution in [0.1, 0.15) is 25.3 Å². The van der Waals surface area contributed by atoms with E-state index in [1.165, 1.54) is 0 Å². The average molecular weight is 347 g/mol. The number of hydrogen-bond donors (Lipinski definition) is 2. The molecule has 0 spiro atoms. The number of aliphatic carboxylic acids is 1. The Bertz CT molecular complexity index is 641. The van der Waals surface area contributed by atoms with Crippen molar-refractivity contribution in [2.45, 2.75) is 38.3 Å². The SMILES string of the molecule is CCO[C@@H](Cc1ccccc1)C(=O)N[C@@H](CCC(=O)C=[N+]=[N-])C(=O)O. The minimum absolute atomic E-state index is 0.115. The summed E-state index contributed by atoms with van der Waals surface area (Å²) in [6.07, 6.45) is -0.110. The third-order valence-electron chi connectivity index (χ3n) is 3.42. The van der Waals surface area contributed by atoms with Crippen LogP contribution in [-0.2, 0) is 25.5 Å². The van der Waals surface area contributed by atoms with Crippen LogP contribution in [0.15, 0.2) is 30.3 Å². The number of carboxylic acid groups (broad SMARTS) is 1. The molecule has 8 heteroatoms. The number of hydrogen-bond acceptors (Lipinski definition) is 4. The fourth-order valence-electron chi connectivity index (χ4n) is 2.19. The summed E-state index contributed by atoms with van der Waals surface area (Å²) in [5, 5.41) is 11.6. The average Bonchev–Trinajstić information content (AvgIpc) is 2.59. The van der Waals surface area contributed by atoms with E-state index >= 15 is 0 Å². The second-order valence-electron chi connectivity index (χ2n) is 5.28. The Hall–Kier alpha value is -2.83. The first-order valence-corrected chi connectivity index (χ1v) is 7.86. The molecule has 2 atom stereocenters. The van der Waals surface area contributed by atoms with E-state index in [4.69, 9.17) is 10.3 Å². The lowest BCUT2D eigenvalue weighted by atomic mass is 10.1. The predicted octanol–water partition coefficient (Wildman–Crippen LogP) is 0.853. The van der Waals surface area contributed by atoms with Gasteiger partial charge in [-0.15, -0.1) is 0 Å². The van der Waals surface area contributed by atoms with E-state index in [0.717, 1.165) is 5.56 Å². The minimum Gasteiger partial charge on any atom is -0.480 e. The van der Waals surface area contributed by atoms with E-state index in [-0.39, 0.29) is 12.8 Å². The van der Waals surface area contributed by atoms with Gasteiger partial charge in [-0.3, -0.25) is 9.59 Å². The highest BCUT2D eigenvalue weighted by atomic mass is 16.5. The molecule has 2 N–H and O–H groups in total. The zero-order valence-corrected chi connectivity index (χ0v) is 13.9. The molecule has 8 nitrogen and oxygen atoms in total. The summed E-state index contributed by atoms with van der Waals surface area (Å²) in [5.74, 6) is -2.34. The van der Waals surface area contributed by atoms with E-state index in [1.54, 1.807) is 6.92 Å². The van der Waals surface area contributed by atoms with Gasteiger partial charge in [0, 0.05) is 19.4 Å². The number of carboxylic acids is 1. The molecule has 0 saturated heterocycles. The molecule has 25 heavy (non-hydrogen) atoms. The van der Waals surface area contributed by atoms with Gasteiger partial charge < -0.3 is 20.7 Å². The molecule has 0 bridgehead atoms. The Labute approximate surface area is 145 Å². The summed E-state index contributed by atoms with van der Waals surface area (Å²) in [4.78, 5) is 37.5. The molecular weight excluding hydrogens is 326 g/mol. The molecular formula is C17H21N3O5. The number of nitrogens with zero attached hydrogens (tertiary/aromatic N) is 2. The van der Waals surface area contributed by atoms with E-state index in [9.17, 15) is 19.5 Å². The summed E-state index contributed by atoms with van der Waals surface area (Å²) >= 11 is 0. The van der Waals surface area contributed by atoms with Crippen LogP contribution in [-0.4, -0.2) is 52.5 Å². The Morgan fingerprint density at radius 1 is 1.32 bits per heavy atom. The van der Waals surface area contributed by atoms with Crippen LogP contribution < -0.4 is 5.32 Å². The molecule has 0 saturated carbocycles. The highest BCUT2D eigenvalue weighted by Crippen LogP contribution is 2.08. The number of amides is 1. The van der Waals surface area contributed by atoms with Crippen molar-refractivity contribution in [2.75, 3.05) is 6.61 Å². The van der Waals surface area contributed by atoms with Gasteiger partial charge in [0.05, 0.1) is 0 Å². The molecule has 1 aromatic rings. The zero-order valence-electron chi connectivity index (χ0n) is 13.9. The van der Waals surface area contributed by atoms with Crippen LogP contribution in [0.2, 0.25) is 0 Å². The smallest absolute Gasteiger partial charge is 0.326 e. The summed E-state index contributed by atoms with van der Waals surface area (Å²) < 4.78 is 5.43. The molecule has 0 fully saturated rings. The molecule has 0 aliphatic heterocycles. The first-order valence-electron chi connectivity index (χ1n) is 7.86. The minimum atomic E-state index is -1.25. The van der Waals surface area contributed by atoms with Crippen LogP contribution in [0.3, 0.4) is 0 Å². The maximum Gasteiger partial charge on any atom is 0.326 e. The summed E-state index contributed by atoms with van der Waals surface area (Å²) in [7, 11) is 0. The Morgan fingerprint density at radius 3 is 2.56 bits per heavy atom. The summed E-state index contributed by atoms with van der Waals surface area (Å²) in [5.41, 5.74) is 9.16. The molecule has 0 unspecified atom stereocenters. The van der Waals surface area contributed by atoms with Gasteiger partial charge in [0.25, 0.3) is 0 Å². The number of Topliss-reactive ketones (excluding diaryl/α,β-unsaturated/α-hetero) is 1. The predicted molar refractivity (Wildman–Crippen MR) is 89.1 cm³/mol. The molecule has 0 aliphatic carbocycles. The summed E-state index contributed by atoms with van der Waals surface area (Å²) in [6, 6.07) is 7.99. The summed E-state index contributed by atoms with van der Waals surface area (Å²) in [6.45, 7) is 2.04. The van der Waals surface area contributed by atoms with E-state index in [2.05, 4.69) is 10.1 Å². The Morgan fingerprint density at radius 2 is 2.00 bits per heavy atom. The first kappa shape index (κ1) is 20.2. The van der Waals surface area contributed by atoms with E-state index < -0.39 is 29.8 Å². The molecule has 0 aromatic heterocycles. The lowest BCUT2D eigenvalue weighted by Crippen LogP contribution is -2.47. The number of carbonyl (C=O) groups excluding carboxylic acids is 2. The number of benzene rings is 1. The van der Waals surface area contributed by atoms with Gasteiger partial charge in [-0.1, -0.05) is 30.3 Å². The fourth-order valence-corrected chi connectivity index (χ4v) is 2.19. The molecule has 1 rings (SSSR count). The number of ketones is 1. The third-order valence-corrected chi connectivity index (χ3v) is 3.42. The number of nitrogens with one attached hydrogen (secondary N) is 1. The topological polar surface area (TPSA) is 129 Å². The lowest BCUT2D eigenvalue weighted by Gasteiger charge is -2.20. The fraction of sp³-hybridized carbons (Fsp3) is 0.412. The zero-order chi connectivity index (χ0) is 18.7. The molecule has 0 heterocycles. The van der Waals surface area contributed by atoms with Crippen LogP contribution in [0.25, 0.3) is 5.53 Å². The van der Waals surface area contributed by atoms with Gasteiger partial charge in [0.2, 0.25) is 11.7 Å². The maximum atomic E-state index is 12.4. The number of carbonyl (C=O) groups is 3. The van der Waals surface area contributed by atoms with Gasteiger partial charge in [-0.25, -0.2) is 4.79 Å².